The highest BCUT2D eigenvalue weighted by molar-refractivity contribution is 6.34. The molecule has 1 atom stereocenters. The van der Waals surface area contributed by atoms with Crippen LogP contribution in [0.4, 0.5) is 27.6 Å². The molecule has 9 nitrogen and oxygen atoms in total. The first-order valence-electron chi connectivity index (χ1n) is 12.5. The van der Waals surface area contributed by atoms with Gasteiger partial charge in [-0.1, -0.05) is 11.6 Å². The van der Waals surface area contributed by atoms with Crippen LogP contribution >= 0.6 is 11.6 Å². The average molecular weight is 586 g/mol. The first-order chi connectivity index (χ1) is 18.8. The molecule has 3 aromatic rings. The maximum atomic E-state index is 13.5. The number of imidazole rings is 1. The van der Waals surface area contributed by atoms with E-state index in [1.165, 1.54) is 24.4 Å². The summed E-state index contributed by atoms with van der Waals surface area (Å²) < 4.78 is 67.8. The summed E-state index contributed by atoms with van der Waals surface area (Å²) in [6.45, 7) is 1.64. The van der Waals surface area contributed by atoms with E-state index >= 15 is 0 Å². The van der Waals surface area contributed by atoms with Crippen molar-refractivity contribution < 1.29 is 31.5 Å². The lowest BCUT2D eigenvalue weighted by Gasteiger charge is -2.32. The molecule has 3 heterocycles. The van der Waals surface area contributed by atoms with Crippen LogP contribution in [0.5, 0.6) is 0 Å². The number of halogens is 6. The fourth-order valence-corrected chi connectivity index (χ4v) is 4.98. The molecule has 2 aromatic heterocycles. The maximum Gasteiger partial charge on any atom is 0.435 e. The van der Waals surface area contributed by atoms with Crippen LogP contribution in [0.3, 0.4) is 0 Å². The highest BCUT2D eigenvalue weighted by Gasteiger charge is 2.59. The summed E-state index contributed by atoms with van der Waals surface area (Å²) in [4.78, 5) is 33.9. The maximum absolute atomic E-state index is 13.5. The van der Waals surface area contributed by atoms with Gasteiger partial charge >= 0.3 is 6.18 Å². The van der Waals surface area contributed by atoms with Gasteiger partial charge in [0.15, 0.2) is 11.5 Å². The first kappa shape index (κ1) is 28.0. The van der Waals surface area contributed by atoms with Gasteiger partial charge in [-0.05, 0) is 44.1 Å². The van der Waals surface area contributed by atoms with Crippen molar-refractivity contribution in [2.45, 2.75) is 49.9 Å². The van der Waals surface area contributed by atoms with E-state index in [9.17, 15) is 31.5 Å². The van der Waals surface area contributed by atoms with E-state index in [4.69, 9.17) is 11.6 Å². The van der Waals surface area contributed by atoms with Crippen LogP contribution in [0.1, 0.15) is 63.2 Å². The SMILES string of the molecule is CN(C(=O)c1ccc(NC(=O)c2ncc(Cc3cn([C@H]4CC4(F)F)nc3C(F)(F)F)[nH]2)cc1Cl)C1CCNCC1. The van der Waals surface area contributed by atoms with Crippen molar-refractivity contribution in [3.63, 3.8) is 0 Å². The van der Waals surface area contributed by atoms with Crippen molar-refractivity contribution in [2.75, 3.05) is 25.5 Å². The van der Waals surface area contributed by atoms with E-state index < -0.39 is 36.2 Å². The number of anilines is 1. The van der Waals surface area contributed by atoms with Gasteiger partial charge in [-0.25, -0.2) is 13.8 Å². The molecule has 3 N–H and O–H groups in total. The number of piperidine rings is 1. The predicted octanol–water partition coefficient (Wildman–Crippen LogP) is 4.53. The zero-order valence-corrected chi connectivity index (χ0v) is 21.9. The Hall–Kier alpha value is -3.52. The van der Waals surface area contributed by atoms with Crippen LogP contribution in [0, 0.1) is 0 Å². The number of carbonyl (C=O) groups is 2. The van der Waals surface area contributed by atoms with Gasteiger partial charge in [-0.15, -0.1) is 0 Å². The zero-order valence-electron chi connectivity index (χ0n) is 21.2. The Morgan fingerprint density at radius 3 is 2.58 bits per heavy atom. The monoisotopic (exact) mass is 585 g/mol. The molecular weight excluding hydrogens is 561 g/mol. The Bertz CT molecular complexity index is 1430. The number of carbonyl (C=O) groups excluding carboxylic acids is 2. The minimum Gasteiger partial charge on any atom is -0.339 e. The topological polar surface area (TPSA) is 108 Å². The molecule has 40 heavy (non-hydrogen) atoms. The predicted molar refractivity (Wildman–Crippen MR) is 135 cm³/mol. The van der Waals surface area contributed by atoms with E-state index in [0.29, 0.717) is 4.68 Å². The number of alkyl halides is 5. The van der Waals surface area contributed by atoms with Gasteiger partial charge in [0.25, 0.3) is 17.7 Å². The fraction of sp³-hybridized carbons (Fsp3) is 0.440. The molecule has 5 rings (SSSR count). The summed E-state index contributed by atoms with van der Waals surface area (Å²) in [7, 11) is 1.72. The molecule has 2 amide bonds. The molecule has 0 radical (unpaired) electrons. The van der Waals surface area contributed by atoms with Crippen molar-refractivity contribution in [3.8, 4) is 0 Å². The fourth-order valence-electron chi connectivity index (χ4n) is 4.72. The van der Waals surface area contributed by atoms with E-state index in [1.54, 1.807) is 11.9 Å². The number of aromatic amines is 1. The van der Waals surface area contributed by atoms with Crippen LogP contribution in [0.25, 0.3) is 0 Å². The molecule has 1 saturated heterocycles. The second-order valence-corrected chi connectivity index (χ2v) is 10.3. The third kappa shape index (κ3) is 5.82. The molecule has 0 bridgehead atoms. The molecule has 15 heteroatoms. The number of hydrogen-bond donors (Lipinski definition) is 3. The summed E-state index contributed by atoms with van der Waals surface area (Å²) in [5.74, 6) is -4.22. The van der Waals surface area contributed by atoms with Crippen LogP contribution in [0.2, 0.25) is 5.02 Å². The standard InChI is InChI=1S/C25H25ClF5N7O2/c1-37(16-4-6-32-7-5-16)23(40)17-3-2-14(9-18(17)26)35-22(39)21-33-11-15(34-21)8-13-12-38(19-10-24(19,27)28)36-20(13)25(29,30)31/h2-3,9,11-12,16,19,32H,4-8,10H2,1H3,(H,33,34)(H,35,39)/t19-/m0/s1. The van der Waals surface area contributed by atoms with E-state index in [-0.39, 0.29) is 51.7 Å². The highest BCUT2D eigenvalue weighted by atomic mass is 35.5. The van der Waals surface area contributed by atoms with E-state index in [2.05, 4.69) is 25.7 Å². The third-order valence-electron chi connectivity index (χ3n) is 7.05. The molecule has 0 spiro atoms. The second kappa shape index (κ2) is 10.5. The molecular formula is C25H25ClF5N7O2. The van der Waals surface area contributed by atoms with Crippen molar-refractivity contribution in [1.29, 1.82) is 0 Å². The molecule has 2 fully saturated rings. The van der Waals surface area contributed by atoms with Gasteiger partial charge < -0.3 is 20.5 Å². The smallest absolute Gasteiger partial charge is 0.339 e. The van der Waals surface area contributed by atoms with Crippen molar-refractivity contribution in [2.24, 2.45) is 0 Å². The normalized spacial score (nSPS) is 18.9. The first-order valence-corrected chi connectivity index (χ1v) is 12.9. The van der Waals surface area contributed by atoms with Gasteiger partial charge in [0.2, 0.25) is 0 Å². The number of amides is 2. The number of H-pyrrole nitrogens is 1. The van der Waals surface area contributed by atoms with Crippen LogP contribution in [-0.4, -0.2) is 68.6 Å². The third-order valence-corrected chi connectivity index (χ3v) is 7.36. The summed E-state index contributed by atoms with van der Waals surface area (Å²) in [6.07, 6.45) is -1.99. The molecule has 1 aromatic carbocycles. The largest absolute Gasteiger partial charge is 0.435 e. The zero-order chi connectivity index (χ0) is 28.8. The van der Waals surface area contributed by atoms with Gasteiger partial charge in [-0.3, -0.25) is 14.3 Å². The van der Waals surface area contributed by atoms with Gasteiger partial charge in [0.05, 0.1) is 10.6 Å². The minimum atomic E-state index is -4.85. The minimum absolute atomic E-state index is 0.0912. The average Bonchev–Trinajstić information content (AvgIpc) is 3.24. The summed E-state index contributed by atoms with van der Waals surface area (Å²) in [6, 6.07) is 3.11. The molecule has 1 aliphatic carbocycles. The summed E-state index contributed by atoms with van der Waals surface area (Å²) in [5.41, 5.74) is -0.887. The van der Waals surface area contributed by atoms with Gasteiger partial charge in [-0.2, -0.15) is 18.3 Å². The number of hydrogen-bond acceptors (Lipinski definition) is 5. The number of aromatic nitrogens is 4. The quantitative estimate of drug-likeness (QED) is 0.353. The Morgan fingerprint density at radius 1 is 1.25 bits per heavy atom. The Balaban J connectivity index is 1.25. The second-order valence-electron chi connectivity index (χ2n) is 9.94. The number of rotatable bonds is 7. The highest BCUT2D eigenvalue weighted by Crippen LogP contribution is 2.52. The van der Waals surface area contributed by atoms with Crippen molar-refractivity contribution in [1.82, 2.24) is 30.0 Å². The van der Waals surface area contributed by atoms with Gasteiger partial charge in [0.1, 0.15) is 6.04 Å². The lowest BCUT2D eigenvalue weighted by molar-refractivity contribution is -0.142. The molecule has 214 valence electrons. The molecule has 1 saturated carbocycles. The van der Waals surface area contributed by atoms with Crippen molar-refractivity contribution >= 4 is 29.1 Å². The van der Waals surface area contributed by atoms with Crippen LogP contribution < -0.4 is 10.6 Å². The molecule has 1 aliphatic heterocycles. The summed E-state index contributed by atoms with van der Waals surface area (Å²) in [5, 5.41) is 9.32. The summed E-state index contributed by atoms with van der Waals surface area (Å²) >= 11 is 6.35. The number of benzene rings is 1. The Morgan fingerprint density at radius 2 is 1.95 bits per heavy atom. The van der Waals surface area contributed by atoms with E-state index in [0.717, 1.165) is 32.1 Å². The Kier molecular flexibility index (Phi) is 7.33. The van der Waals surface area contributed by atoms with Gasteiger partial charge in [0, 0.05) is 55.3 Å². The van der Waals surface area contributed by atoms with Crippen LogP contribution in [-0.2, 0) is 12.6 Å². The Labute approximate surface area is 230 Å². The van der Waals surface area contributed by atoms with E-state index in [1.807, 2.05) is 0 Å². The lowest BCUT2D eigenvalue weighted by atomic mass is 10.0. The molecule has 0 unspecified atom stereocenters. The molecule has 2 aliphatic rings. The number of nitrogens with zero attached hydrogens (tertiary/aromatic N) is 4. The lowest BCUT2D eigenvalue weighted by Crippen LogP contribution is -2.44. The van der Waals surface area contributed by atoms with Crippen molar-refractivity contribution in [3.05, 3.63) is 64.0 Å². The van der Waals surface area contributed by atoms with Crippen LogP contribution in [0.15, 0.2) is 30.6 Å². The number of nitrogens with one attached hydrogen (secondary N) is 3.